The van der Waals surface area contributed by atoms with Crippen molar-refractivity contribution in [1.82, 2.24) is 0 Å². The summed E-state index contributed by atoms with van der Waals surface area (Å²) >= 11 is 0. The Kier molecular flexibility index (Phi) is 5.39. The highest BCUT2D eigenvalue weighted by Gasteiger charge is 2.29. The smallest absolute Gasteiger partial charge is 0.313 e. The Balaban J connectivity index is 2.03. The third-order valence-corrected chi connectivity index (χ3v) is 4.19. The maximum atomic E-state index is 12.2. The summed E-state index contributed by atoms with van der Waals surface area (Å²) in [6.45, 7) is 5.40. The van der Waals surface area contributed by atoms with E-state index in [4.69, 9.17) is 0 Å². The van der Waals surface area contributed by atoms with Crippen LogP contribution in [-0.2, 0) is 27.8 Å². The number of aliphatic carboxylic acids is 1. The topological polar surface area (TPSA) is 66.4 Å². The van der Waals surface area contributed by atoms with Gasteiger partial charge in [-0.25, -0.2) is 0 Å². The first-order valence-corrected chi connectivity index (χ1v) is 8.04. The first-order valence-electron chi connectivity index (χ1n) is 8.04. The molecule has 0 saturated heterocycles. The third kappa shape index (κ3) is 4.22. The van der Waals surface area contributed by atoms with Crippen molar-refractivity contribution in [2.24, 2.45) is 0 Å². The zero-order valence-corrected chi connectivity index (χ0v) is 14.3. The van der Waals surface area contributed by atoms with E-state index in [1.165, 1.54) is 5.56 Å². The predicted molar refractivity (Wildman–Crippen MR) is 95.3 cm³/mol. The van der Waals surface area contributed by atoms with E-state index in [1.807, 2.05) is 24.3 Å². The van der Waals surface area contributed by atoms with Gasteiger partial charge in [0.25, 0.3) is 0 Å². The molecule has 24 heavy (non-hydrogen) atoms. The number of carboxylic acids is 1. The number of hydrogen-bond donors (Lipinski definition) is 2. The number of amides is 1. The molecule has 0 heterocycles. The Hall–Kier alpha value is -2.62. The molecule has 2 aromatic carbocycles. The van der Waals surface area contributed by atoms with Crippen LogP contribution in [0.4, 0.5) is 5.69 Å². The van der Waals surface area contributed by atoms with Gasteiger partial charge in [0.15, 0.2) is 0 Å². The summed E-state index contributed by atoms with van der Waals surface area (Å²) in [5.41, 5.74) is 2.60. The van der Waals surface area contributed by atoms with Gasteiger partial charge in [-0.3, -0.25) is 9.59 Å². The molecule has 0 aliphatic carbocycles. The first kappa shape index (κ1) is 17.7. The number of benzene rings is 2. The number of hydrogen-bond acceptors (Lipinski definition) is 2. The lowest BCUT2D eigenvalue weighted by molar-refractivity contribution is -0.142. The van der Waals surface area contributed by atoms with E-state index in [2.05, 4.69) is 12.2 Å². The average molecular weight is 325 g/mol. The maximum Gasteiger partial charge on any atom is 0.313 e. The number of rotatable bonds is 6. The molecule has 0 radical (unpaired) electrons. The molecule has 2 rings (SSSR count). The molecule has 0 spiro atoms. The summed E-state index contributed by atoms with van der Waals surface area (Å²) in [5.74, 6) is -0.969. The molecule has 0 aromatic heterocycles. The van der Waals surface area contributed by atoms with Crippen LogP contribution >= 0.6 is 0 Å². The van der Waals surface area contributed by atoms with Crippen molar-refractivity contribution in [3.63, 3.8) is 0 Å². The molecule has 0 aliphatic heterocycles. The van der Waals surface area contributed by atoms with Gasteiger partial charge in [-0.15, -0.1) is 0 Å². The molecule has 0 saturated carbocycles. The molecular weight excluding hydrogens is 302 g/mol. The average Bonchev–Trinajstić information content (AvgIpc) is 2.55. The number of aryl methyl sites for hydroxylation is 1. The highest BCUT2D eigenvalue weighted by molar-refractivity contribution is 5.92. The Morgan fingerprint density at radius 1 is 1.04 bits per heavy atom. The third-order valence-electron chi connectivity index (χ3n) is 4.19. The van der Waals surface area contributed by atoms with Crippen molar-refractivity contribution in [3.8, 4) is 0 Å². The van der Waals surface area contributed by atoms with Crippen LogP contribution in [0.1, 0.15) is 37.5 Å². The van der Waals surface area contributed by atoms with Gasteiger partial charge in [-0.2, -0.15) is 0 Å². The van der Waals surface area contributed by atoms with Crippen molar-refractivity contribution < 1.29 is 14.7 Å². The number of carbonyl (C=O) groups is 2. The molecule has 0 aliphatic rings. The van der Waals surface area contributed by atoms with Crippen LogP contribution in [0.5, 0.6) is 0 Å². The van der Waals surface area contributed by atoms with Gasteiger partial charge in [0.2, 0.25) is 5.91 Å². The number of anilines is 1. The lowest BCUT2D eigenvalue weighted by Gasteiger charge is -2.19. The van der Waals surface area contributed by atoms with Crippen molar-refractivity contribution in [2.75, 3.05) is 5.32 Å². The summed E-state index contributed by atoms with van der Waals surface area (Å²) in [6.07, 6.45) is 1.26. The minimum atomic E-state index is -0.955. The quantitative estimate of drug-likeness (QED) is 0.849. The van der Waals surface area contributed by atoms with E-state index < -0.39 is 11.4 Å². The highest BCUT2D eigenvalue weighted by atomic mass is 16.4. The van der Waals surface area contributed by atoms with E-state index >= 15 is 0 Å². The molecule has 0 bridgehead atoms. The molecular formula is C20H23NO3. The van der Waals surface area contributed by atoms with Crippen LogP contribution in [0.3, 0.4) is 0 Å². The fraction of sp³-hybridized carbons (Fsp3) is 0.300. The van der Waals surface area contributed by atoms with E-state index in [0.29, 0.717) is 17.7 Å². The van der Waals surface area contributed by atoms with Crippen molar-refractivity contribution in [1.29, 1.82) is 0 Å². The van der Waals surface area contributed by atoms with Crippen molar-refractivity contribution in [2.45, 2.75) is 39.0 Å². The second kappa shape index (κ2) is 7.30. The van der Waals surface area contributed by atoms with Gasteiger partial charge >= 0.3 is 5.97 Å². The standard InChI is InChI=1S/C20H23NO3/c1-4-14-6-5-7-15(12-14)13-18(22)21-17-10-8-16(9-11-17)20(2,3)19(23)24/h5-12H,4,13H2,1-3H3,(H,21,22)(H,23,24). The Labute approximate surface area is 142 Å². The summed E-state index contributed by atoms with van der Waals surface area (Å²) in [7, 11) is 0. The van der Waals surface area contributed by atoms with Crippen LogP contribution in [0.15, 0.2) is 48.5 Å². The van der Waals surface area contributed by atoms with Gasteiger partial charge in [-0.05, 0) is 49.1 Å². The molecule has 2 aromatic rings. The van der Waals surface area contributed by atoms with Gasteiger partial charge in [0.05, 0.1) is 11.8 Å². The number of carboxylic acid groups (broad SMARTS) is 1. The van der Waals surface area contributed by atoms with E-state index in [-0.39, 0.29) is 5.91 Å². The van der Waals surface area contributed by atoms with Crippen LogP contribution in [0.2, 0.25) is 0 Å². The molecule has 0 fully saturated rings. The van der Waals surface area contributed by atoms with Crippen LogP contribution in [-0.4, -0.2) is 17.0 Å². The Morgan fingerprint density at radius 3 is 2.25 bits per heavy atom. The maximum absolute atomic E-state index is 12.2. The molecule has 0 atom stereocenters. The first-order chi connectivity index (χ1) is 11.3. The van der Waals surface area contributed by atoms with E-state index in [9.17, 15) is 14.7 Å². The zero-order chi connectivity index (χ0) is 17.7. The second-order valence-corrected chi connectivity index (χ2v) is 6.41. The van der Waals surface area contributed by atoms with Crippen LogP contribution < -0.4 is 5.32 Å². The van der Waals surface area contributed by atoms with Gasteiger partial charge < -0.3 is 10.4 Å². The molecule has 1 amide bonds. The lowest BCUT2D eigenvalue weighted by atomic mass is 9.85. The monoisotopic (exact) mass is 325 g/mol. The van der Waals surface area contributed by atoms with Gasteiger partial charge in [-0.1, -0.05) is 43.3 Å². The van der Waals surface area contributed by atoms with Crippen LogP contribution in [0, 0.1) is 0 Å². The zero-order valence-electron chi connectivity index (χ0n) is 14.3. The fourth-order valence-corrected chi connectivity index (χ4v) is 2.44. The van der Waals surface area contributed by atoms with Gasteiger partial charge in [0.1, 0.15) is 0 Å². The fourth-order valence-electron chi connectivity index (χ4n) is 2.44. The van der Waals surface area contributed by atoms with E-state index in [0.717, 1.165) is 12.0 Å². The minimum Gasteiger partial charge on any atom is -0.481 e. The molecule has 126 valence electrons. The van der Waals surface area contributed by atoms with Crippen LogP contribution in [0.25, 0.3) is 0 Å². The summed E-state index contributed by atoms with van der Waals surface area (Å²) in [4.78, 5) is 23.4. The number of carbonyl (C=O) groups excluding carboxylic acids is 1. The number of nitrogens with one attached hydrogen (secondary N) is 1. The molecule has 0 unspecified atom stereocenters. The Morgan fingerprint density at radius 2 is 1.67 bits per heavy atom. The summed E-state index contributed by atoms with van der Waals surface area (Å²) in [5, 5.41) is 12.1. The SMILES string of the molecule is CCc1cccc(CC(=O)Nc2ccc(C(C)(C)C(=O)O)cc2)c1. The van der Waals surface area contributed by atoms with Crippen molar-refractivity contribution >= 4 is 17.6 Å². The largest absolute Gasteiger partial charge is 0.481 e. The van der Waals surface area contributed by atoms with E-state index in [1.54, 1.807) is 38.1 Å². The van der Waals surface area contributed by atoms with Gasteiger partial charge in [0, 0.05) is 5.69 Å². The summed E-state index contributed by atoms with van der Waals surface area (Å²) < 4.78 is 0. The van der Waals surface area contributed by atoms with Crippen molar-refractivity contribution in [3.05, 3.63) is 65.2 Å². The molecule has 4 nitrogen and oxygen atoms in total. The molecule has 4 heteroatoms. The normalized spacial score (nSPS) is 11.1. The second-order valence-electron chi connectivity index (χ2n) is 6.41. The highest BCUT2D eigenvalue weighted by Crippen LogP contribution is 2.24. The summed E-state index contributed by atoms with van der Waals surface area (Å²) in [6, 6.07) is 14.9. The minimum absolute atomic E-state index is 0.0894. The predicted octanol–water partition coefficient (Wildman–Crippen LogP) is 3.79. The Bertz CT molecular complexity index is 733. The lowest BCUT2D eigenvalue weighted by Crippen LogP contribution is -2.28. The molecule has 2 N–H and O–H groups in total.